The molecular weight excluding hydrogens is 799 g/mol. The summed E-state index contributed by atoms with van der Waals surface area (Å²) >= 11 is 0. The van der Waals surface area contributed by atoms with Crippen LogP contribution in [0.15, 0.2) is 48.6 Å². The number of primary amides is 2. The molecule has 9 N–H and O–H groups in total. The summed E-state index contributed by atoms with van der Waals surface area (Å²) in [5, 5.41) is 17.5. The van der Waals surface area contributed by atoms with E-state index in [1.165, 1.54) is 12.1 Å². The van der Waals surface area contributed by atoms with Crippen LogP contribution < -0.4 is 42.8 Å². The zero-order valence-corrected chi connectivity index (χ0v) is 35.1. The van der Waals surface area contributed by atoms with E-state index in [1.807, 2.05) is 49.4 Å². The van der Waals surface area contributed by atoms with Crippen LogP contribution in [0.25, 0.3) is 22.1 Å². The number of amides is 5. The van der Waals surface area contributed by atoms with Crippen LogP contribution in [0.2, 0.25) is 0 Å². The Hall–Kier alpha value is -7.55. The lowest BCUT2D eigenvalue weighted by Crippen LogP contribution is -2.32. The molecule has 5 amide bonds. The highest BCUT2D eigenvalue weighted by Gasteiger charge is 2.30. The van der Waals surface area contributed by atoms with Gasteiger partial charge in [0.25, 0.3) is 11.8 Å². The maximum Gasteiger partial charge on any atom is 0.276 e. The van der Waals surface area contributed by atoms with Crippen molar-refractivity contribution in [3.8, 4) is 5.75 Å². The number of hydrogen-bond donors (Lipinski definition) is 6. The second kappa shape index (κ2) is 17.6. The predicted octanol–water partition coefficient (Wildman–Crippen LogP) is 2.23. The van der Waals surface area contributed by atoms with Gasteiger partial charge in [0.15, 0.2) is 0 Å². The van der Waals surface area contributed by atoms with E-state index in [4.69, 9.17) is 31.9 Å². The Morgan fingerprint density at radius 3 is 2.00 bits per heavy atom. The molecule has 0 radical (unpaired) electrons. The highest BCUT2D eigenvalue weighted by molar-refractivity contribution is 6.06. The summed E-state index contributed by atoms with van der Waals surface area (Å²) in [6, 6.07) is 9.31. The molecule has 324 valence electrons. The van der Waals surface area contributed by atoms with Crippen molar-refractivity contribution in [2.75, 3.05) is 48.8 Å². The fourth-order valence-corrected chi connectivity index (χ4v) is 7.56. The lowest BCUT2D eigenvalue weighted by Gasteiger charge is -2.32. The van der Waals surface area contributed by atoms with Crippen molar-refractivity contribution < 1.29 is 28.7 Å². The van der Waals surface area contributed by atoms with Gasteiger partial charge in [-0.1, -0.05) is 12.2 Å². The number of nitrogens with zero attached hydrogens (tertiary/aromatic N) is 9. The first-order valence-electron chi connectivity index (χ1n) is 20.1. The molecule has 0 bridgehead atoms. The molecule has 21 heteroatoms. The van der Waals surface area contributed by atoms with Crippen LogP contribution in [-0.4, -0.2) is 101 Å². The molecule has 0 aliphatic carbocycles. The van der Waals surface area contributed by atoms with Crippen molar-refractivity contribution in [1.29, 1.82) is 0 Å². The third-order valence-electron chi connectivity index (χ3n) is 10.4. The van der Waals surface area contributed by atoms with Crippen molar-refractivity contribution >= 4 is 69.2 Å². The molecule has 1 aliphatic heterocycles. The molecule has 0 fully saturated rings. The number of ether oxygens (including phenoxy) is 1. The average molecular weight is 848 g/mol. The van der Waals surface area contributed by atoms with Gasteiger partial charge in [0.1, 0.15) is 22.7 Å². The fraction of sp³-hybridized carbons (Fsp3) is 0.341. The minimum atomic E-state index is -0.706. The summed E-state index contributed by atoms with van der Waals surface area (Å²) in [5.41, 5.74) is 21.9. The first-order chi connectivity index (χ1) is 29.7. The van der Waals surface area contributed by atoms with E-state index in [0.29, 0.717) is 83.1 Å². The quantitative estimate of drug-likeness (QED) is 0.0570. The molecule has 5 heterocycles. The zero-order chi connectivity index (χ0) is 44.4. The number of carbonyl (C=O) groups excluding carboxylic acids is 5. The van der Waals surface area contributed by atoms with E-state index in [0.717, 1.165) is 0 Å². The summed E-state index contributed by atoms with van der Waals surface area (Å²) in [5.74, 6) is -1.81. The minimum absolute atomic E-state index is 0.138. The van der Waals surface area contributed by atoms with Crippen LogP contribution in [0.1, 0.15) is 79.4 Å². The molecule has 2 aromatic carbocycles. The van der Waals surface area contributed by atoms with Gasteiger partial charge in [-0.15, -0.1) is 0 Å². The molecule has 0 saturated heterocycles. The predicted molar refractivity (Wildman–Crippen MR) is 231 cm³/mol. The number of hydrogen-bond acceptors (Lipinski definition) is 12. The number of nitrogens with two attached hydrogens (primary N) is 3. The summed E-state index contributed by atoms with van der Waals surface area (Å²) in [6.45, 7) is 9.15. The van der Waals surface area contributed by atoms with E-state index in [2.05, 4.69) is 26.1 Å². The van der Waals surface area contributed by atoms with Gasteiger partial charge in [-0.05, 0) is 70.5 Å². The number of nitrogens with one attached hydrogen (secondary N) is 3. The highest BCUT2D eigenvalue weighted by atomic mass is 16.5. The summed E-state index contributed by atoms with van der Waals surface area (Å²) in [4.78, 5) is 75.7. The maximum absolute atomic E-state index is 13.8. The van der Waals surface area contributed by atoms with Gasteiger partial charge in [-0.2, -0.15) is 10.2 Å². The average Bonchev–Trinajstić information content (AvgIpc) is 4.01. The SMILES string of the molecule is CCn1nc(C)cc1C(=O)Nc1nc2cc(C(N)=O)cc(OCCCNC(=O)CN)c2n1C/C=C/[C@H]1CN(C)c2cc(C(N)=O)cc3nc(NC(=O)c4cc(C)nn4CC)n1c23. The van der Waals surface area contributed by atoms with Gasteiger partial charge >= 0.3 is 0 Å². The van der Waals surface area contributed by atoms with E-state index in [-0.39, 0.29) is 54.4 Å². The van der Waals surface area contributed by atoms with Crippen LogP contribution >= 0.6 is 0 Å². The van der Waals surface area contributed by atoms with Crippen LogP contribution in [0.5, 0.6) is 5.75 Å². The lowest BCUT2D eigenvalue weighted by molar-refractivity contribution is -0.119. The second-order valence-electron chi connectivity index (χ2n) is 14.8. The number of aromatic nitrogens is 8. The van der Waals surface area contributed by atoms with Crippen LogP contribution in [0, 0.1) is 13.8 Å². The Morgan fingerprint density at radius 1 is 0.823 bits per heavy atom. The molecule has 1 atom stereocenters. The van der Waals surface area contributed by atoms with Crippen LogP contribution in [0.3, 0.4) is 0 Å². The van der Waals surface area contributed by atoms with Crippen LogP contribution in [0.4, 0.5) is 17.6 Å². The topological polar surface area (TPSA) is 283 Å². The van der Waals surface area contributed by atoms with Gasteiger partial charge in [0.05, 0.1) is 52.8 Å². The largest absolute Gasteiger partial charge is 0.491 e. The molecule has 0 saturated carbocycles. The van der Waals surface area contributed by atoms with Crippen molar-refractivity contribution in [2.45, 2.75) is 59.8 Å². The van der Waals surface area contributed by atoms with Gasteiger partial charge in [-0.25, -0.2) is 9.97 Å². The number of imidazole rings is 2. The molecule has 0 spiro atoms. The third-order valence-corrected chi connectivity index (χ3v) is 10.4. The zero-order valence-electron chi connectivity index (χ0n) is 35.1. The number of likely N-dealkylation sites (N-methyl/N-ethyl adjacent to an activating group) is 1. The first kappa shape index (κ1) is 42.6. The smallest absolute Gasteiger partial charge is 0.276 e. The summed E-state index contributed by atoms with van der Waals surface area (Å²) in [7, 11) is 1.89. The molecule has 21 nitrogen and oxygen atoms in total. The highest BCUT2D eigenvalue weighted by Crippen LogP contribution is 2.39. The van der Waals surface area contributed by atoms with Crippen LogP contribution in [-0.2, 0) is 24.4 Å². The molecule has 0 unspecified atom stereocenters. The number of anilines is 3. The van der Waals surface area contributed by atoms with Crippen molar-refractivity contribution in [3.05, 3.63) is 82.5 Å². The molecule has 4 aromatic heterocycles. The Labute approximate surface area is 355 Å². The van der Waals surface area contributed by atoms with E-state index < -0.39 is 29.7 Å². The van der Waals surface area contributed by atoms with E-state index >= 15 is 0 Å². The molecule has 62 heavy (non-hydrogen) atoms. The molecule has 7 rings (SSSR count). The van der Waals surface area contributed by atoms with Crippen molar-refractivity contribution in [3.63, 3.8) is 0 Å². The Balaban J connectivity index is 1.29. The molecular formula is C41H49N15O6. The number of benzene rings is 2. The van der Waals surface area contributed by atoms with E-state index in [1.54, 1.807) is 45.1 Å². The summed E-state index contributed by atoms with van der Waals surface area (Å²) < 4.78 is 13.1. The minimum Gasteiger partial charge on any atom is -0.491 e. The number of allylic oxidation sites excluding steroid dienone is 1. The van der Waals surface area contributed by atoms with Crippen molar-refractivity contribution in [1.82, 2.24) is 44.0 Å². The number of carbonyl (C=O) groups is 5. The molecule has 6 aromatic rings. The first-order valence-corrected chi connectivity index (χ1v) is 20.1. The summed E-state index contributed by atoms with van der Waals surface area (Å²) in [6.07, 6.45) is 4.26. The maximum atomic E-state index is 13.8. The lowest BCUT2D eigenvalue weighted by atomic mass is 10.1. The standard InChI is InChI=1S/C41H49N15O6/c1-6-54-30(14-22(3)50-54)38(60)48-40-46-28-17-25(37(44)59)19-32(62-13-9-11-45-33(57)20-42)35(28)53(40)12-8-10-26-21-52(5)29-18-24(36(43)58)16-27-34(29)56(26)41(47-27)49-39(61)31-15-23(4)51-55(31)7-2/h8,10,14-19,26H,6-7,9,11-13,20-21,42H2,1-5H3,(H2,43,58)(H2,44,59)(H,45,57)(H,46,48,60)(H,47,49,61)/b10-8+/t26-/m0/s1. The normalized spacial score (nSPS) is 13.6. The Bertz CT molecular complexity index is 2780. The van der Waals surface area contributed by atoms with Gasteiger partial charge in [-0.3, -0.25) is 48.5 Å². The third kappa shape index (κ3) is 8.41. The van der Waals surface area contributed by atoms with E-state index in [9.17, 15) is 24.0 Å². The fourth-order valence-electron chi connectivity index (χ4n) is 7.56. The Morgan fingerprint density at radius 2 is 1.40 bits per heavy atom. The number of aryl methyl sites for hydroxylation is 4. The van der Waals surface area contributed by atoms with Gasteiger partial charge in [0, 0.05) is 50.9 Å². The monoisotopic (exact) mass is 847 g/mol. The number of fused-ring (bicyclic) bond motifs is 1. The second-order valence-corrected chi connectivity index (χ2v) is 14.8. The Kier molecular flexibility index (Phi) is 12.1. The van der Waals surface area contributed by atoms with Gasteiger partial charge in [0.2, 0.25) is 29.6 Å². The van der Waals surface area contributed by atoms with Gasteiger partial charge < -0.3 is 36.7 Å². The molecule has 1 aliphatic rings. The number of rotatable bonds is 17. The van der Waals surface area contributed by atoms with Crippen molar-refractivity contribution in [2.24, 2.45) is 17.2 Å².